The molecule has 1 aliphatic heterocycles. The molecule has 3 nitrogen and oxygen atoms in total. The largest absolute Gasteiger partial charge is 0.394 e. The Hall–Kier alpha value is -0.120. The van der Waals surface area contributed by atoms with Crippen molar-refractivity contribution in [2.45, 2.75) is 38.1 Å². The van der Waals surface area contributed by atoms with E-state index in [1.807, 2.05) is 0 Å². The smallest absolute Gasteiger partial charge is 0.0626 e. The van der Waals surface area contributed by atoms with Crippen molar-refractivity contribution in [3.05, 3.63) is 0 Å². The number of aliphatic hydroxyl groups excluding tert-OH is 1. The van der Waals surface area contributed by atoms with E-state index in [0.29, 0.717) is 5.92 Å². The first-order valence-corrected chi connectivity index (χ1v) is 6.26. The van der Waals surface area contributed by atoms with Crippen LogP contribution in [0.2, 0.25) is 0 Å². The van der Waals surface area contributed by atoms with Crippen LogP contribution in [0.4, 0.5) is 0 Å². The Kier molecular flexibility index (Phi) is 3.33. The van der Waals surface area contributed by atoms with Crippen LogP contribution < -0.4 is 5.73 Å². The molecular weight excluding hydrogens is 188 g/mol. The lowest BCUT2D eigenvalue weighted by atomic mass is 9.92. The van der Waals surface area contributed by atoms with E-state index in [4.69, 9.17) is 5.73 Å². The number of nitrogens with zero attached hydrogens (tertiary/aromatic N) is 1. The zero-order valence-electron chi connectivity index (χ0n) is 9.78. The van der Waals surface area contributed by atoms with Crippen molar-refractivity contribution >= 4 is 0 Å². The van der Waals surface area contributed by atoms with Gasteiger partial charge in [-0.1, -0.05) is 6.92 Å². The van der Waals surface area contributed by atoms with Crippen molar-refractivity contribution in [2.24, 2.45) is 17.6 Å². The van der Waals surface area contributed by atoms with E-state index in [2.05, 4.69) is 11.8 Å². The SMILES string of the molecule is CC1CCN(CC(N)(CO)C2CC2)CC1. The minimum absolute atomic E-state index is 0.143. The first-order valence-electron chi connectivity index (χ1n) is 6.26. The van der Waals surface area contributed by atoms with E-state index in [1.165, 1.54) is 25.7 Å². The third-order valence-corrected chi connectivity index (χ3v) is 4.08. The van der Waals surface area contributed by atoms with Gasteiger partial charge < -0.3 is 15.7 Å². The summed E-state index contributed by atoms with van der Waals surface area (Å²) in [7, 11) is 0. The summed E-state index contributed by atoms with van der Waals surface area (Å²) in [6.07, 6.45) is 4.99. The number of rotatable bonds is 4. The Morgan fingerprint density at radius 3 is 2.33 bits per heavy atom. The zero-order chi connectivity index (χ0) is 10.9. The molecule has 3 N–H and O–H groups in total. The molecule has 88 valence electrons. The average molecular weight is 212 g/mol. The summed E-state index contributed by atoms with van der Waals surface area (Å²) >= 11 is 0. The molecule has 0 aromatic heterocycles. The van der Waals surface area contributed by atoms with Crippen molar-refractivity contribution in [3.8, 4) is 0 Å². The van der Waals surface area contributed by atoms with Gasteiger partial charge in [-0.05, 0) is 50.6 Å². The maximum absolute atomic E-state index is 9.43. The van der Waals surface area contributed by atoms with Gasteiger partial charge in [0.25, 0.3) is 0 Å². The first kappa shape index (κ1) is 11.4. The maximum Gasteiger partial charge on any atom is 0.0626 e. The second kappa shape index (κ2) is 4.40. The third kappa shape index (κ3) is 2.71. The van der Waals surface area contributed by atoms with Crippen molar-refractivity contribution < 1.29 is 5.11 Å². The van der Waals surface area contributed by atoms with Crippen molar-refractivity contribution in [2.75, 3.05) is 26.2 Å². The topological polar surface area (TPSA) is 49.5 Å². The molecule has 1 saturated heterocycles. The van der Waals surface area contributed by atoms with Crippen LogP contribution in [0.3, 0.4) is 0 Å². The molecule has 3 heteroatoms. The predicted molar refractivity (Wildman–Crippen MR) is 61.6 cm³/mol. The fourth-order valence-corrected chi connectivity index (χ4v) is 2.60. The lowest BCUT2D eigenvalue weighted by Crippen LogP contribution is -2.56. The summed E-state index contributed by atoms with van der Waals surface area (Å²) in [4.78, 5) is 2.44. The van der Waals surface area contributed by atoms with E-state index >= 15 is 0 Å². The third-order valence-electron chi connectivity index (χ3n) is 4.08. The van der Waals surface area contributed by atoms with Gasteiger partial charge in [0.1, 0.15) is 0 Å². The number of nitrogens with two attached hydrogens (primary N) is 1. The summed E-state index contributed by atoms with van der Waals surface area (Å²) in [5, 5.41) is 9.43. The molecular formula is C12H24N2O. The summed E-state index contributed by atoms with van der Waals surface area (Å²) in [5.41, 5.74) is 5.96. The van der Waals surface area contributed by atoms with Crippen LogP contribution in [0.25, 0.3) is 0 Å². The number of piperidine rings is 1. The Balaban J connectivity index is 1.84. The molecule has 0 amide bonds. The second-order valence-corrected chi connectivity index (χ2v) is 5.62. The fraction of sp³-hybridized carbons (Fsp3) is 1.00. The van der Waals surface area contributed by atoms with Gasteiger partial charge >= 0.3 is 0 Å². The lowest BCUT2D eigenvalue weighted by Gasteiger charge is -2.37. The first-order chi connectivity index (χ1) is 7.14. The molecule has 0 aromatic rings. The highest BCUT2D eigenvalue weighted by Crippen LogP contribution is 2.38. The summed E-state index contributed by atoms with van der Waals surface area (Å²) in [5.74, 6) is 1.44. The van der Waals surface area contributed by atoms with Gasteiger partial charge in [-0.2, -0.15) is 0 Å². The van der Waals surface area contributed by atoms with Crippen LogP contribution in [-0.2, 0) is 0 Å². The number of aliphatic hydroxyl groups is 1. The van der Waals surface area contributed by atoms with Crippen LogP contribution >= 0.6 is 0 Å². The van der Waals surface area contributed by atoms with E-state index in [1.54, 1.807) is 0 Å². The van der Waals surface area contributed by atoms with E-state index in [0.717, 1.165) is 25.6 Å². The minimum Gasteiger partial charge on any atom is -0.394 e. The number of likely N-dealkylation sites (tertiary alicyclic amines) is 1. The lowest BCUT2D eigenvalue weighted by molar-refractivity contribution is 0.0992. The normalized spacial score (nSPS) is 29.0. The molecule has 1 heterocycles. The Bertz CT molecular complexity index is 210. The van der Waals surface area contributed by atoms with Crippen LogP contribution in [0.15, 0.2) is 0 Å². The average Bonchev–Trinajstić information content (AvgIpc) is 3.05. The molecule has 0 radical (unpaired) electrons. The molecule has 2 rings (SSSR count). The zero-order valence-corrected chi connectivity index (χ0v) is 9.78. The molecule has 1 unspecified atom stereocenters. The minimum atomic E-state index is -0.319. The molecule has 2 fully saturated rings. The van der Waals surface area contributed by atoms with Gasteiger partial charge in [0.05, 0.1) is 12.1 Å². The highest BCUT2D eigenvalue weighted by Gasteiger charge is 2.42. The Morgan fingerprint density at radius 1 is 1.27 bits per heavy atom. The van der Waals surface area contributed by atoms with E-state index < -0.39 is 0 Å². The highest BCUT2D eigenvalue weighted by atomic mass is 16.3. The highest BCUT2D eigenvalue weighted by molar-refractivity contribution is 5.00. The second-order valence-electron chi connectivity index (χ2n) is 5.62. The molecule has 0 aromatic carbocycles. The molecule has 2 aliphatic rings. The number of hydrogen-bond acceptors (Lipinski definition) is 3. The van der Waals surface area contributed by atoms with Gasteiger partial charge in [-0.15, -0.1) is 0 Å². The monoisotopic (exact) mass is 212 g/mol. The molecule has 15 heavy (non-hydrogen) atoms. The quantitative estimate of drug-likeness (QED) is 0.725. The fourth-order valence-electron chi connectivity index (χ4n) is 2.60. The van der Waals surface area contributed by atoms with Crippen LogP contribution in [0.1, 0.15) is 32.6 Å². The van der Waals surface area contributed by atoms with Crippen LogP contribution in [0, 0.1) is 11.8 Å². The summed E-state index contributed by atoms with van der Waals surface area (Å²) in [6.45, 7) is 5.67. The van der Waals surface area contributed by atoms with E-state index in [-0.39, 0.29) is 12.1 Å². The van der Waals surface area contributed by atoms with Gasteiger partial charge in [-0.25, -0.2) is 0 Å². The number of hydrogen-bond donors (Lipinski definition) is 2. The van der Waals surface area contributed by atoms with Crippen molar-refractivity contribution in [1.29, 1.82) is 0 Å². The van der Waals surface area contributed by atoms with Gasteiger partial charge in [0.2, 0.25) is 0 Å². The molecule has 1 aliphatic carbocycles. The van der Waals surface area contributed by atoms with Crippen LogP contribution in [0.5, 0.6) is 0 Å². The van der Waals surface area contributed by atoms with Crippen molar-refractivity contribution in [1.82, 2.24) is 4.90 Å². The Morgan fingerprint density at radius 2 is 1.87 bits per heavy atom. The van der Waals surface area contributed by atoms with Gasteiger partial charge in [0.15, 0.2) is 0 Å². The summed E-state index contributed by atoms with van der Waals surface area (Å²) in [6, 6.07) is 0. The predicted octanol–water partition coefficient (Wildman–Crippen LogP) is 0.818. The summed E-state index contributed by atoms with van der Waals surface area (Å²) < 4.78 is 0. The molecule has 0 spiro atoms. The van der Waals surface area contributed by atoms with Gasteiger partial charge in [0, 0.05) is 6.54 Å². The Labute approximate surface area is 92.6 Å². The molecule has 1 saturated carbocycles. The standard InChI is InChI=1S/C12H24N2O/c1-10-4-6-14(7-5-10)8-12(13,9-15)11-2-3-11/h10-11,15H,2-9,13H2,1H3. The van der Waals surface area contributed by atoms with E-state index in [9.17, 15) is 5.11 Å². The maximum atomic E-state index is 9.43. The molecule has 1 atom stereocenters. The van der Waals surface area contributed by atoms with Crippen molar-refractivity contribution in [3.63, 3.8) is 0 Å². The van der Waals surface area contributed by atoms with Crippen LogP contribution in [-0.4, -0.2) is 41.8 Å². The molecule has 0 bridgehead atoms. The van der Waals surface area contributed by atoms with Gasteiger partial charge in [-0.3, -0.25) is 0 Å².